The molecule has 2 heterocycles. The van der Waals surface area contributed by atoms with E-state index in [1.165, 1.54) is 7.05 Å². The molecule has 0 aliphatic rings. The quantitative estimate of drug-likeness (QED) is 0.525. The number of carbonyl (C=O) groups excluding carboxylic acids is 1. The van der Waals surface area contributed by atoms with Crippen molar-refractivity contribution in [3.63, 3.8) is 0 Å². The largest absolute Gasteiger partial charge is 0.357 e. The van der Waals surface area contributed by atoms with Crippen LogP contribution >= 0.6 is 0 Å². The van der Waals surface area contributed by atoms with Gasteiger partial charge in [-0.25, -0.2) is 4.79 Å². The molecule has 11 nitrogen and oxygen atoms in total. The van der Waals surface area contributed by atoms with Crippen LogP contribution in [0.3, 0.4) is 0 Å². The van der Waals surface area contributed by atoms with Gasteiger partial charge in [-0.1, -0.05) is 0 Å². The van der Waals surface area contributed by atoms with Crippen LogP contribution in [0.4, 0.5) is 11.5 Å². The van der Waals surface area contributed by atoms with Gasteiger partial charge in [0.2, 0.25) is 5.91 Å². The van der Waals surface area contributed by atoms with Crippen molar-refractivity contribution in [3.8, 4) is 0 Å². The van der Waals surface area contributed by atoms with Gasteiger partial charge in [0.25, 0.3) is 11.0 Å². The van der Waals surface area contributed by atoms with Crippen molar-refractivity contribution in [1.29, 1.82) is 0 Å². The lowest BCUT2D eigenvalue weighted by Gasteiger charge is -2.09. The molecule has 1 amide bonds. The van der Waals surface area contributed by atoms with E-state index < -0.39 is 44.4 Å². The number of H-pyrrole nitrogens is 1. The first kappa shape index (κ1) is 15.2. The smallest absolute Gasteiger partial charge is 0.321 e. The summed E-state index contributed by atoms with van der Waals surface area (Å²) in [5, 5.41) is 12.6. The minimum Gasteiger partial charge on any atom is -0.321 e. The molecule has 22 heavy (non-hydrogen) atoms. The monoisotopic (exact) mass is 309 g/mol. The second-order valence-electron chi connectivity index (χ2n) is 4.55. The molecule has 2 rings (SSSR count). The number of aromatic amines is 1. The normalized spacial score (nSPS) is 10.7. The third-order valence-electron chi connectivity index (χ3n) is 3.07. The Labute approximate surface area is 121 Å². The molecular formula is C11H11N5O6. The highest BCUT2D eigenvalue weighted by molar-refractivity contribution is 5.92. The van der Waals surface area contributed by atoms with Crippen LogP contribution in [0.15, 0.2) is 14.4 Å². The summed E-state index contributed by atoms with van der Waals surface area (Å²) in [6, 6.07) is 0. The zero-order valence-electron chi connectivity index (χ0n) is 11.8. The van der Waals surface area contributed by atoms with Crippen LogP contribution in [0.2, 0.25) is 0 Å². The maximum absolute atomic E-state index is 12.3. The predicted octanol–water partition coefficient (Wildman–Crippen LogP) is -1.21. The SMILES string of the molecule is CC(=O)Nc1[nH]c2c(c(=O)c1[N+](=O)[O-])c(=O)n(C)c(=O)n2C. The van der Waals surface area contributed by atoms with Gasteiger partial charge in [-0.3, -0.25) is 33.6 Å². The van der Waals surface area contributed by atoms with E-state index in [9.17, 15) is 29.3 Å². The molecule has 0 saturated heterocycles. The average molecular weight is 309 g/mol. The number of amides is 1. The molecule has 0 aromatic carbocycles. The Kier molecular flexibility index (Phi) is 3.41. The summed E-state index contributed by atoms with van der Waals surface area (Å²) in [6.07, 6.45) is 0. The lowest BCUT2D eigenvalue weighted by molar-refractivity contribution is -0.385. The van der Waals surface area contributed by atoms with Crippen molar-refractivity contribution in [2.24, 2.45) is 14.1 Å². The Morgan fingerprint density at radius 2 is 1.82 bits per heavy atom. The van der Waals surface area contributed by atoms with Gasteiger partial charge in [0.15, 0.2) is 5.82 Å². The Morgan fingerprint density at radius 1 is 1.23 bits per heavy atom. The van der Waals surface area contributed by atoms with Gasteiger partial charge in [0, 0.05) is 21.0 Å². The number of anilines is 1. The Hall–Kier alpha value is -3.24. The molecule has 0 aliphatic carbocycles. The molecule has 0 saturated carbocycles. The molecule has 2 N–H and O–H groups in total. The fourth-order valence-corrected chi connectivity index (χ4v) is 2.05. The number of carbonyl (C=O) groups is 1. The predicted molar refractivity (Wildman–Crippen MR) is 76.0 cm³/mol. The van der Waals surface area contributed by atoms with Crippen molar-refractivity contribution < 1.29 is 9.72 Å². The van der Waals surface area contributed by atoms with Gasteiger partial charge in [-0.05, 0) is 0 Å². The highest BCUT2D eigenvalue weighted by atomic mass is 16.6. The molecule has 0 atom stereocenters. The van der Waals surface area contributed by atoms with E-state index in [0.29, 0.717) is 4.57 Å². The van der Waals surface area contributed by atoms with E-state index in [-0.39, 0.29) is 5.65 Å². The standard InChI is InChI=1S/C11H11N5O6/c1-4(17)12-8-6(16(21)22)7(18)5-9(13-8)14(2)11(20)15(3)10(5)19/h1-3H3,(H2,12,13,17,18). The topological polar surface area (TPSA) is 149 Å². The van der Waals surface area contributed by atoms with Crippen molar-refractivity contribution in [1.82, 2.24) is 14.1 Å². The van der Waals surface area contributed by atoms with Gasteiger partial charge in [-0.15, -0.1) is 0 Å². The third-order valence-corrected chi connectivity index (χ3v) is 3.07. The number of aryl methyl sites for hydroxylation is 1. The molecule has 0 unspecified atom stereocenters. The van der Waals surface area contributed by atoms with E-state index in [0.717, 1.165) is 18.5 Å². The highest BCUT2D eigenvalue weighted by Gasteiger charge is 2.26. The molecule has 0 radical (unpaired) electrons. The molecule has 0 spiro atoms. The maximum Gasteiger partial charge on any atom is 0.357 e. The van der Waals surface area contributed by atoms with Crippen LogP contribution < -0.4 is 22.0 Å². The number of hydrogen-bond donors (Lipinski definition) is 2. The van der Waals surface area contributed by atoms with Crippen molar-refractivity contribution in [3.05, 3.63) is 41.2 Å². The zero-order chi connectivity index (χ0) is 16.8. The van der Waals surface area contributed by atoms with Crippen molar-refractivity contribution in [2.75, 3.05) is 5.32 Å². The van der Waals surface area contributed by atoms with Crippen LogP contribution in [0.1, 0.15) is 6.92 Å². The summed E-state index contributed by atoms with van der Waals surface area (Å²) >= 11 is 0. The lowest BCUT2D eigenvalue weighted by Crippen LogP contribution is -2.39. The second kappa shape index (κ2) is 4.95. The van der Waals surface area contributed by atoms with Crippen molar-refractivity contribution in [2.45, 2.75) is 6.92 Å². The van der Waals surface area contributed by atoms with Crippen molar-refractivity contribution >= 4 is 28.4 Å². The summed E-state index contributed by atoms with van der Waals surface area (Å²) in [7, 11) is 2.43. The Balaban J connectivity index is 3.14. The highest BCUT2D eigenvalue weighted by Crippen LogP contribution is 2.19. The minimum absolute atomic E-state index is 0.215. The number of rotatable bonds is 2. The number of nitro groups is 1. The summed E-state index contributed by atoms with van der Waals surface area (Å²) in [4.78, 5) is 59.8. The van der Waals surface area contributed by atoms with E-state index in [2.05, 4.69) is 10.3 Å². The number of hydrogen-bond acceptors (Lipinski definition) is 6. The summed E-state index contributed by atoms with van der Waals surface area (Å²) < 4.78 is 1.62. The molecule has 0 aliphatic heterocycles. The van der Waals surface area contributed by atoms with Gasteiger partial charge in [0.1, 0.15) is 11.0 Å². The fraction of sp³-hybridized carbons (Fsp3) is 0.273. The number of aromatic nitrogens is 3. The average Bonchev–Trinajstić information content (AvgIpc) is 2.41. The minimum atomic E-state index is -1.18. The lowest BCUT2D eigenvalue weighted by atomic mass is 10.2. The summed E-state index contributed by atoms with van der Waals surface area (Å²) in [5.41, 5.74) is -4.06. The van der Waals surface area contributed by atoms with Gasteiger partial charge in [-0.2, -0.15) is 0 Å². The molecule has 116 valence electrons. The zero-order valence-corrected chi connectivity index (χ0v) is 11.8. The van der Waals surface area contributed by atoms with Gasteiger partial charge >= 0.3 is 11.4 Å². The molecular weight excluding hydrogens is 298 g/mol. The first-order chi connectivity index (χ1) is 10.2. The van der Waals surface area contributed by atoms with Crippen LogP contribution in [0, 0.1) is 10.1 Å². The van der Waals surface area contributed by atoms with Crippen LogP contribution in [-0.4, -0.2) is 24.9 Å². The van der Waals surface area contributed by atoms with Crippen LogP contribution in [0.5, 0.6) is 0 Å². The molecule has 0 fully saturated rings. The Morgan fingerprint density at radius 3 is 2.32 bits per heavy atom. The summed E-state index contributed by atoms with van der Waals surface area (Å²) in [5.74, 6) is -1.15. The maximum atomic E-state index is 12.3. The van der Waals surface area contributed by atoms with E-state index in [4.69, 9.17) is 0 Å². The molecule has 11 heteroatoms. The third kappa shape index (κ3) is 2.08. The number of nitrogens with one attached hydrogen (secondary N) is 2. The van der Waals surface area contributed by atoms with E-state index in [1.807, 2.05) is 0 Å². The molecule has 0 bridgehead atoms. The fourth-order valence-electron chi connectivity index (χ4n) is 2.05. The van der Waals surface area contributed by atoms with E-state index >= 15 is 0 Å². The first-order valence-electron chi connectivity index (χ1n) is 5.94. The second-order valence-corrected chi connectivity index (χ2v) is 4.55. The van der Waals surface area contributed by atoms with Crippen LogP contribution in [0.25, 0.3) is 11.0 Å². The van der Waals surface area contributed by atoms with Gasteiger partial charge < -0.3 is 10.3 Å². The van der Waals surface area contributed by atoms with Gasteiger partial charge in [0.05, 0.1) is 4.92 Å². The first-order valence-corrected chi connectivity index (χ1v) is 5.94. The molecule has 2 aromatic heterocycles. The molecule has 2 aromatic rings. The van der Waals surface area contributed by atoms with Crippen LogP contribution in [-0.2, 0) is 18.9 Å². The summed E-state index contributed by atoms with van der Waals surface area (Å²) in [6.45, 7) is 1.09. The Bertz CT molecular complexity index is 995. The number of fused-ring (bicyclic) bond motifs is 1. The van der Waals surface area contributed by atoms with E-state index in [1.54, 1.807) is 0 Å². The number of nitrogens with zero attached hydrogens (tertiary/aromatic N) is 3. The number of pyridine rings is 1.